The lowest BCUT2D eigenvalue weighted by Gasteiger charge is -2.25. The zero-order chi connectivity index (χ0) is 20.6. The molecule has 1 aromatic carbocycles. The van der Waals surface area contributed by atoms with Crippen molar-refractivity contribution < 1.29 is 17.6 Å². The number of amides is 1. The van der Waals surface area contributed by atoms with Crippen LogP contribution in [0.4, 0.5) is 0 Å². The molecule has 154 valence electrons. The minimum atomic E-state index is -3.68. The van der Waals surface area contributed by atoms with E-state index in [9.17, 15) is 13.2 Å². The molecule has 1 fully saturated rings. The molecule has 0 spiro atoms. The van der Waals surface area contributed by atoms with Gasteiger partial charge in [0.05, 0.1) is 6.04 Å². The van der Waals surface area contributed by atoms with Crippen LogP contribution in [0.1, 0.15) is 34.0 Å². The molecule has 0 saturated carbocycles. The zero-order valence-electron chi connectivity index (χ0n) is 16.2. The normalized spacial score (nSPS) is 16.8. The molecule has 0 radical (unpaired) electrons. The summed E-state index contributed by atoms with van der Waals surface area (Å²) in [5.41, 5.74) is 1.74. The van der Waals surface area contributed by atoms with Crippen molar-refractivity contribution in [3.8, 4) is 0 Å². The van der Waals surface area contributed by atoms with Gasteiger partial charge in [0, 0.05) is 35.5 Å². The number of fused-ring (bicyclic) bond motifs is 1. The Hall–Kier alpha value is -1.81. The summed E-state index contributed by atoms with van der Waals surface area (Å²) in [6.45, 7) is 4.74. The Kier molecular flexibility index (Phi) is 5.74. The van der Waals surface area contributed by atoms with Crippen molar-refractivity contribution >= 4 is 50.0 Å². The highest BCUT2D eigenvalue weighted by molar-refractivity contribution is 7.99. The van der Waals surface area contributed by atoms with Crippen LogP contribution in [0.25, 0.3) is 11.0 Å². The van der Waals surface area contributed by atoms with Gasteiger partial charge < -0.3 is 9.73 Å². The third-order valence-corrected chi connectivity index (χ3v) is 8.97. The summed E-state index contributed by atoms with van der Waals surface area (Å²) >= 11 is 2.88. The second-order valence-corrected chi connectivity index (χ2v) is 11.0. The van der Waals surface area contributed by atoms with Gasteiger partial charge in [-0.15, -0.1) is 11.3 Å². The number of nitrogens with one attached hydrogen (secondary N) is 1. The lowest BCUT2D eigenvalue weighted by atomic mass is 10.1. The van der Waals surface area contributed by atoms with Gasteiger partial charge in [-0.1, -0.05) is 18.2 Å². The standard InChI is InChI=1S/C20H22N2O4S3/c1-13-15-5-3-4-6-16(15)26-18(13)14(2)21-20(23)19-17(7-10-28-19)29(24,25)22-8-11-27-12-9-22/h3-7,10,14H,8-9,11-12H2,1-2H3,(H,21,23). The van der Waals surface area contributed by atoms with Crippen LogP contribution in [-0.4, -0.2) is 43.2 Å². The number of thioether (sulfide) groups is 1. The highest BCUT2D eigenvalue weighted by atomic mass is 32.2. The van der Waals surface area contributed by atoms with Crippen LogP contribution < -0.4 is 5.32 Å². The number of sulfonamides is 1. The van der Waals surface area contributed by atoms with Gasteiger partial charge in [-0.2, -0.15) is 16.1 Å². The summed E-state index contributed by atoms with van der Waals surface area (Å²) in [7, 11) is -3.68. The van der Waals surface area contributed by atoms with Crippen LogP contribution in [0, 0.1) is 6.92 Å². The fraction of sp³-hybridized carbons (Fsp3) is 0.350. The van der Waals surface area contributed by atoms with Crippen molar-refractivity contribution in [2.75, 3.05) is 24.6 Å². The van der Waals surface area contributed by atoms with Crippen LogP contribution in [0.5, 0.6) is 0 Å². The summed E-state index contributed by atoms with van der Waals surface area (Å²) in [6, 6.07) is 8.85. The van der Waals surface area contributed by atoms with E-state index in [0.717, 1.165) is 39.4 Å². The molecule has 1 unspecified atom stereocenters. The summed E-state index contributed by atoms with van der Waals surface area (Å²) in [6.07, 6.45) is 0. The maximum atomic E-state index is 13.0. The number of carbonyl (C=O) groups is 1. The van der Waals surface area contributed by atoms with E-state index in [1.807, 2.05) is 38.1 Å². The molecule has 0 aliphatic carbocycles. The van der Waals surface area contributed by atoms with E-state index in [-0.39, 0.29) is 15.8 Å². The monoisotopic (exact) mass is 450 g/mol. The van der Waals surface area contributed by atoms with Gasteiger partial charge in [0.1, 0.15) is 21.1 Å². The lowest BCUT2D eigenvalue weighted by Crippen LogP contribution is -2.38. The molecule has 4 rings (SSSR count). The lowest BCUT2D eigenvalue weighted by molar-refractivity contribution is 0.0936. The van der Waals surface area contributed by atoms with E-state index in [2.05, 4.69) is 5.32 Å². The molecule has 1 aliphatic heterocycles. The molecule has 1 N–H and O–H groups in total. The highest BCUT2D eigenvalue weighted by Crippen LogP contribution is 2.31. The van der Waals surface area contributed by atoms with Crippen LogP contribution in [0.3, 0.4) is 0 Å². The third-order valence-electron chi connectivity index (χ3n) is 5.04. The highest BCUT2D eigenvalue weighted by Gasteiger charge is 2.31. The fourth-order valence-electron chi connectivity index (χ4n) is 3.53. The number of rotatable bonds is 5. The first-order valence-corrected chi connectivity index (χ1v) is 12.8. The molecule has 1 aliphatic rings. The largest absolute Gasteiger partial charge is 0.459 e. The van der Waals surface area contributed by atoms with Gasteiger partial charge in [0.15, 0.2) is 0 Å². The molecule has 9 heteroatoms. The number of nitrogens with zero attached hydrogens (tertiary/aromatic N) is 1. The Bertz CT molecular complexity index is 1140. The molecule has 1 amide bonds. The molecule has 0 bridgehead atoms. The van der Waals surface area contributed by atoms with Crippen molar-refractivity contribution in [1.29, 1.82) is 0 Å². The van der Waals surface area contributed by atoms with E-state index in [1.54, 1.807) is 17.1 Å². The molecule has 6 nitrogen and oxygen atoms in total. The quantitative estimate of drug-likeness (QED) is 0.635. The molecule has 1 atom stereocenters. The summed E-state index contributed by atoms with van der Waals surface area (Å²) < 4.78 is 33.5. The Morgan fingerprint density at radius 1 is 1.21 bits per heavy atom. The van der Waals surface area contributed by atoms with Crippen LogP contribution in [0.15, 0.2) is 45.0 Å². The predicted molar refractivity (Wildman–Crippen MR) is 117 cm³/mol. The SMILES string of the molecule is Cc1c(C(C)NC(=O)c2sccc2S(=O)(=O)N2CCSCC2)oc2ccccc12. The van der Waals surface area contributed by atoms with Crippen molar-refractivity contribution in [1.82, 2.24) is 9.62 Å². The topological polar surface area (TPSA) is 79.6 Å². The van der Waals surface area contributed by atoms with Crippen LogP contribution in [0.2, 0.25) is 0 Å². The minimum absolute atomic E-state index is 0.0837. The first-order chi connectivity index (χ1) is 13.9. The van der Waals surface area contributed by atoms with Crippen molar-refractivity contribution in [2.24, 2.45) is 0 Å². The van der Waals surface area contributed by atoms with Gasteiger partial charge in [-0.3, -0.25) is 4.79 Å². The molecule has 3 aromatic rings. The summed E-state index contributed by atoms with van der Waals surface area (Å²) in [4.78, 5) is 13.2. The van der Waals surface area contributed by atoms with E-state index < -0.39 is 15.9 Å². The second kappa shape index (κ2) is 8.14. The molecule has 2 aromatic heterocycles. The van der Waals surface area contributed by atoms with Gasteiger partial charge in [-0.25, -0.2) is 8.42 Å². The Morgan fingerprint density at radius 3 is 2.66 bits per heavy atom. The number of hydrogen-bond donors (Lipinski definition) is 1. The van der Waals surface area contributed by atoms with Crippen molar-refractivity contribution in [2.45, 2.75) is 24.8 Å². The average molecular weight is 451 g/mol. The van der Waals surface area contributed by atoms with Crippen LogP contribution in [-0.2, 0) is 10.0 Å². The fourth-order valence-corrected chi connectivity index (χ4v) is 7.41. The number of benzene rings is 1. The number of furan rings is 1. The summed E-state index contributed by atoms with van der Waals surface area (Å²) in [5, 5.41) is 5.56. The molecular weight excluding hydrogens is 428 g/mol. The van der Waals surface area contributed by atoms with Crippen molar-refractivity contribution in [3.63, 3.8) is 0 Å². The van der Waals surface area contributed by atoms with Crippen LogP contribution >= 0.6 is 23.1 Å². The Balaban J connectivity index is 1.58. The van der Waals surface area contributed by atoms with Crippen molar-refractivity contribution in [3.05, 3.63) is 51.9 Å². The third kappa shape index (κ3) is 3.84. The van der Waals surface area contributed by atoms with E-state index in [4.69, 9.17) is 4.42 Å². The van der Waals surface area contributed by atoms with Gasteiger partial charge in [-0.05, 0) is 31.4 Å². The first kappa shape index (κ1) is 20.5. The maximum absolute atomic E-state index is 13.0. The van der Waals surface area contributed by atoms with Gasteiger partial charge in [0.25, 0.3) is 5.91 Å². The number of hydrogen-bond acceptors (Lipinski definition) is 6. The molecular formula is C20H22N2O4S3. The summed E-state index contributed by atoms with van der Waals surface area (Å²) in [5.74, 6) is 1.81. The Labute approximate surface area is 178 Å². The predicted octanol–water partition coefficient (Wildman–Crippen LogP) is 4.03. The van der Waals surface area contributed by atoms with Gasteiger partial charge >= 0.3 is 0 Å². The average Bonchev–Trinajstić information content (AvgIpc) is 3.35. The number of carbonyl (C=O) groups excluding carboxylic acids is 1. The number of para-hydroxylation sites is 1. The van der Waals surface area contributed by atoms with E-state index >= 15 is 0 Å². The molecule has 3 heterocycles. The smallest absolute Gasteiger partial charge is 0.263 e. The first-order valence-electron chi connectivity index (χ1n) is 9.34. The number of thiophene rings is 1. The Morgan fingerprint density at radius 2 is 1.93 bits per heavy atom. The zero-order valence-corrected chi connectivity index (χ0v) is 18.6. The maximum Gasteiger partial charge on any atom is 0.263 e. The van der Waals surface area contributed by atoms with Gasteiger partial charge in [0.2, 0.25) is 10.0 Å². The molecule has 1 saturated heterocycles. The number of aryl methyl sites for hydroxylation is 1. The molecule has 29 heavy (non-hydrogen) atoms. The minimum Gasteiger partial charge on any atom is -0.459 e. The van der Waals surface area contributed by atoms with E-state index in [0.29, 0.717) is 18.8 Å². The van der Waals surface area contributed by atoms with E-state index in [1.165, 1.54) is 10.4 Å². The second-order valence-electron chi connectivity index (χ2n) is 6.91.